The Kier molecular flexibility index (Phi) is 5.56. The van der Waals surface area contributed by atoms with Crippen molar-refractivity contribution in [3.63, 3.8) is 0 Å². The van der Waals surface area contributed by atoms with Gasteiger partial charge in [-0.25, -0.2) is 0 Å². The number of rotatable bonds is 4. The minimum atomic E-state index is 0.576. The van der Waals surface area contributed by atoms with Gasteiger partial charge in [0.2, 0.25) is 0 Å². The van der Waals surface area contributed by atoms with Gasteiger partial charge in [-0.2, -0.15) is 0 Å². The Morgan fingerprint density at radius 1 is 1.50 bits per heavy atom. The first-order chi connectivity index (χ1) is 3.77. The van der Waals surface area contributed by atoms with Gasteiger partial charge in [0, 0.05) is 0 Å². The van der Waals surface area contributed by atoms with Crippen molar-refractivity contribution in [2.24, 2.45) is 5.92 Å². The van der Waals surface area contributed by atoms with Gasteiger partial charge in [-0.3, -0.25) is 0 Å². The smallest absolute Gasteiger partial charge is 0.0713 e. The Hall–Kier alpha value is 0.250. The quantitative estimate of drug-likeness (QED) is 0.352. The van der Waals surface area contributed by atoms with Crippen LogP contribution in [0.15, 0.2) is 0 Å². The van der Waals surface area contributed by atoms with Crippen LogP contribution in [0.2, 0.25) is 0 Å². The van der Waals surface area contributed by atoms with Crippen LogP contribution < -0.4 is 5.32 Å². The van der Waals surface area contributed by atoms with Crippen molar-refractivity contribution in [3.8, 4) is 0 Å². The van der Waals surface area contributed by atoms with Crippen LogP contribution in [0.3, 0.4) is 0 Å². The van der Waals surface area contributed by atoms with Crippen LogP contribution in [0.1, 0.15) is 20.3 Å². The molecule has 0 fully saturated rings. The highest BCUT2D eigenvalue weighted by molar-refractivity contribution is 6.17. The molecule has 1 nitrogen and oxygen atoms in total. The molecule has 0 saturated heterocycles. The third kappa shape index (κ3) is 6.25. The summed E-state index contributed by atoms with van der Waals surface area (Å²) in [6.07, 6.45) is 1.22. The van der Waals surface area contributed by atoms with E-state index in [1.165, 1.54) is 6.42 Å². The van der Waals surface area contributed by atoms with Crippen molar-refractivity contribution >= 4 is 11.6 Å². The van der Waals surface area contributed by atoms with Crippen molar-refractivity contribution in [2.75, 3.05) is 12.5 Å². The van der Waals surface area contributed by atoms with Crippen molar-refractivity contribution in [1.82, 2.24) is 5.32 Å². The molecule has 0 rings (SSSR count). The second kappa shape index (κ2) is 5.39. The number of halogens is 1. The van der Waals surface area contributed by atoms with Crippen LogP contribution in [0.25, 0.3) is 0 Å². The molecule has 0 aliphatic heterocycles. The molecule has 2 heteroatoms. The standard InChI is InChI=1S/C6H14ClN/c1-6(2)3-4-8-5-7/h6,8H,3-5H2,1-2H3. The monoisotopic (exact) mass is 135 g/mol. The van der Waals surface area contributed by atoms with E-state index < -0.39 is 0 Å². The van der Waals surface area contributed by atoms with Gasteiger partial charge in [-0.15, -0.1) is 11.6 Å². The lowest BCUT2D eigenvalue weighted by molar-refractivity contribution is 0.558. The number of nitrogens with one attached hydrogen (secondary N) is 1. The van der Waals surface area contributed by atoms with Gasteiger partial charge in [0.1, 0.15) is 0 Å². The second-order valence-corrected chi connectivity index (χ2v) is 2.58. The highest BCUT2D eigenvalue weighted by Gasteiger charge is 1.89. The summed E-state index contributed by atoms with van der Waals surface area (Å²) in [5.41, 5.74) is 0. The maximum atomic E-state index is 5.37. The van der Waals surface area contributed by atoms with E-state index >= 15 is 0 Å². The fraction of sp³-hybridized carbons (Fsp3) is 1.00. The van der Waals surface area contributed by atoms with Crippen LogP contribution >= 0.6 is 11.6 Å². The van der Waals surface area contributed by atoms with Crippen LogP contribution in [0.5, 0.6) is 0 Å². The molecule has 1 N–H and O–H groups in total. The number of hydrogen-bond acceptors (Lipinski definition) is 1. The summed E-state index contributed by atoms with van der Waals surface area (Å²) < 4.78 is 0. The topological polar surface area (TPSA) is 12.0 Å². The fourth-order valence-electron chi connectivity index (χ4n) is 0.458. The molecule has 0 aliphatic rings. The highest BCUT2D eigenvalue weighted by Crippen LogP contribution is 1.95. The molecule has 8 heavy (non-hydrogen) atoms. The van der Waals surface area contributed by atoms with Gasteiger partial charge in [0.05, 0.1) is 6.00 Å². The van der Waals surface area contributed by atoms with Crippen LogP contribution in [-0.4, -0.2) is 12.5 Å². The van der Waals surface area contributed by atoms with Crippen LogP contribution in [-0.2, 0) is 0 Å². The molecular formula is C6H14ClN. The van der Waals surface area contributed by atoms with E-state index in [0.717, 1.165) is 12.5 Å². The Morgan fingerprint density at radius 2 is 2.12 bits per heavy atom. The Labute approximate surface area is 56.4 Å². The highest BCUT2D eigenvalue weighted by atomic mass is 35.5. The predicted molar refractivity (Wildman–Crippen MR) is 38.2 cm³/mol. The average molecular weight is 136 g/mol. The summed E-state index contributed by atoms with van der Waals surface area (Å²) in [4.78, 5) is 0. The lowest BCUT2D eigenvalue weighted by Gasteiger charge is -2.02. The zero-order chi connectivity index (χ0) is 6.41. The predicted octanol–water partition coefficient (Wildman–Crippen LogP) is 1.82. The van der Waals surface area contributed by atoms with E-state index in [1.54, 1.807) is 0 Å². The molecular weight excluding hydrogens is 122 g/mol. The minimum absolute atomic E-state index is 0.576. The van der Waals surface area contributed by atoms with E-state index in [4.69, 9.17) is 11.6 Å². The second-order valence-electron chi connectivity index (χ2n) is 2.32. The molecule has 0 aromatic rings. The summed E-state index contributed by atoms with van der Waals surface area (Å²) in [6.45, 7) is 5.45. The molecule has 0 aromatic carbocycles. The fourth-order valence-corrected chi connectivity index (χ4v) is 0.591. The molecule has 0 bridgehead atoms. The summed E-state index contributed by atoms with van der Waals surface area (Å²) in [6, 6.07) is 0.576. The van der Waals surface area contributed by atoms with E-state index in [-0.39, 0.29) is 0 Å². The maximum absolute atomic E-state index is 5.37. The lowest BCUT2D eigenvalue weighted by Crippen LogP contribution is -2.14. The van der Waals surface area contributed by atoms with E-state index in [9.17, 15) is 0 Å². The number of hydrogen-bond donors (Lipinski definition) is 1. The molecule has 0 unspecified atom stereocenters. The van der Waals surface area contributed by atoms with Crippen LogP contribution in [0.4, 0.5) is 0 Å². The first-order valence-electron chi connectivity index (χ1n) is 3.04. The average Bonchev–Trinajstić information content (AvgIpc) is 1.66. The van der Waals surface area contributed by atoms with Crippen LogP contribution in [0, 0.1) is 5.92 Å². The Morgan fingerprint density at radius 3 is 2.50 bits per heavy atom. The molecule has 0 radical (unpaired) electrons. The van der Waals surface area contributed by atoms with Gasteiger partial charge >= 0.3 is 0 Å². The van der Waals surface area contributed by atoms with E-state index in [2.05, 4.69) is 19.2 Å². The van der Waals surface area contributed by atoms with E-state index in [1.807, 2.05) is 0 Å². The number of alkyl halides is 1. The van der Waals surface area contributed by atoms with Crippen molar-refractivity contribution in [2.45, 2.75) is 20.3 Å². The minimum Gasteiger partial charge on any atom is -0.304 e. The Balaban J connectivity index is 2.72. The van der Waals surface area contributed by atoms with E-state index in [0.29, 0.717) is 6.00 Å². The molecule has 0 heterocycles. The Bertz CT molecular complexity index is 45.8. The van der Waals surface area contributed by atoms with Gasteiger partial charge in [0.15, 0.2) is 0 Å². The van der Waals surface area contributed by atoms with Gasteiger partial charge in [0.25, 0.3) is 0 Å². The molecule has 0 atom stereocenters. The summed E-state index contributed by atoms with van der Waals surface area (Å²) >= 11 is 5.37. The molecule has 0 spiro atoms. The van der Waals surface area contributed by atoms with Gasteiger partial charge in [-0.05, 0) is 18.9 Å². The first-order valence-corrected chi connectivity index (χ1v) is 3.57. The lowest BCUT2D eigenvalue weighted by atomic mass is 10.1. The molecule has 0 amide bonds. The molecule has 0 saturated carbocycles. The van der Waals surface area contributed by atoms with Gasteiger partial charge in [-0.1, -0.05) is 13.8 Å². The third-order valence-electron chi connectivity index (χ3n) is 0.993. The summed E-state index contributed by atoms with van der Waals surface area (Å²) in [5, 5.41) is 3.05. The molecule has 0 aromatic heterocycles. The van der Waals surface area contributed by atoms with Crippen molar-refractivity contribution in [1.29, 1.82) is 0 Å². The SMILES string of the molecule is CC(C)CCNCCl. The van der Waals surface area contributed by atoms with Crippen molar-refractivity contribution in [3.05, 3.63) is 0 Å². The van der Waals surface area contributed by atoms with Crippen molar-refractivity contribution < 1.29 is 0 Å². The maximum Gasteiger partial charge on any atom is 0.0713 e. The molecule has 0 aliphatic carbocycles. The first kappa shape index (κ1) is 8.25. The zero-order valence-corrected chi connectivity index (χ0v) is 6.33. The largest absolute Gasteiger partial charge is 0.304 e. The zero-order valence-electron chi connectivity index (χ0n) is 5.58. The summed E-state index contributed by atoms with van der Waals surface area (Å²) in [5.74, 6) is 0.783. The normalized spacial score (nSPS) is 10.5. The molecule has 50 valence electrons. The van der Waals surface area contributed by atoms with Gasteiger partial charge < -0.3 is 5.32 Å². The third-order valence-corrected chi connectivity index (χ3v) is 1.18. The summed E-state index contributed by atoms with van der Waals surface area (Å²) in [7, 11) is 0.